The van der Waals surface area contributed by atoms with E-state index in [0.717, 1.165) is 10.7 Å². The highest BCUT2D eigenvalue weighted by Crippen LogP contribution is 2.28. The van der Waals surface area contributed by atoms with Crippen LogP contribution in [-0.4, -0.2) is 17.3 Å². The molecule has 70 valence electrons. The molecule has 0 saturated carbocycles. The first-order valence-corrected chi connectivity index (χ1v) is 4.35. The zero-order valence-electron chi connectivity index (χ0n) is 6.99. The van der Waals surface area contributed by atoms with E-state index in [0.29, 0.717) is 5.56 Å². The smallest absolute Gasteiger partial charge is 0.163 e. The number of hydrogen-bond acceptors (Lipinski definition) is 3. The Morgan fingerprint density at radius 1 is 1.54 bits per heavy atom. The van der Waals surface area contributed by atoms with E-state index < -0.39 is 0 Å². The van der Waals surface area contributed by atoms with Gasteiger partial charge in [-0.25, -0.2) is 0 Å². The van der Waals surface area contributed by atoms with Crippen molar-refractivity contribution >= 4 is 21.7 Å². The number of benzene rings is 1. The average Bonchev–Trinajstić information content (AvgIpc) is 2.13. The number of phenolic OH excluding ortho intramolecular Hbond substituents is 1. The molecule has 0 atom stereocenters. The van der Waals surface area contributed by atoms with Gasteiger partial charge in [0, 0.05) is 4.47 Å². The van der Waals surface area contributed by atoms with Crippen LogP contribution < -0.4 is 0 Å². The van der Waals surface area contributed by atoms with Gasteiger partial charge in [-0.3, -0.25) is 0 Å². The van der Waals surface area contributed by atoms with Crippen LogP contribution in [0.4, 0.5) is 0 Å². The third-order valence-corrected chi connectivity index (χ3v) is 2.05. The van der Waals surface area contributed by atoms with Gasteiger partial charge in [-0.1, -0.05) is 15.9 Å². The Kier molecular flexibility index (Phi) is 3.19. The molecule has 0 fully saturated rings. The maximum atomic E-state index is 9.41. The summed E-state index contributed by atoms with van der Waals surface area (Å²) in [6.45, 7) is 0. The first-order valence-electron chi connectivity index (χ1n) is 3.56. The Hall–Kier alpha value is -1.16. The number of methoxy groups -OCH3 is 1. The normalized spacial score (nSPS) is 11.4. The number of aromatic hydroxyl groups is 1. The van der Waals surface area contributed by atoms with E-state index in [2.05, 4.69) is 15.9 Å². The van der Waals surface area contributed by atoms with Crippen LogP contribution in [0.5, 0.6) is 5.75 Å². The first-order chi connectivity index (χ1) is 6.19. The van der Waals surface area contributed by atoms with Gasteiger partial charge in [-0.05, 0) is 18.2 Å². The molecule has 0 unspecified atom stereocenters. The van der Waals surface area contributed by atoms with Gasteiger partial charge in [0.1, 0.15) is 12.0 Å². The van der Waals surface area contributed by atoms with Crippen LogP contribution in [0.25, 0.3) is 5.76 Å². The molecule has 0 spiro atoms. The largest absolute Gasteiger partial charge is 0.512 e. The third-order valence-electron chi connectivity index (χ3n) is 1.56. The van der Waals surface area contributed by atoms with E-state index in [9.17, 15) is 5.11 Å². The Bertz CT molecular complexity index is 334. The minimum atomic E-state index is 0.0605. The van der Waals surface area contributed by atoms with Crippen molar-refractivity contribution in [3.63, 3.8) is 0 Å². The van der Waals surface area contributed by atoms with Crippen molar-refractivity contribution in [3.8, 4) is 5.75 Å². The number of aliphatic hydroxyl groups is 1. The summed E-state index contributed by atoms with van der Waals surface area (Å²) in [4.78, 5) is 0. The number of phenols is 1. The van der Waals surface area contributed by atoms with E-state index in [1.807, 2.05) is 0 Å². The molecule has 0 radical (unpaired) electrons. The standard InChI is InChI=1S/C9H9BrO3/c1-13-9(5-11)7-4-6(10)2-3-8(7)12/h2-5,11-12H,1H3/b9-5+. The van der Waals surface area contributed by atoms with Crippen molar-refractivity contribution in [1.82, 2.24) is 0 Å². The molecule has 1 aromatic rings. The monoisotopic (exact) mass is 244 g/mol. The zero-order valence-corrected chi connectivity index (χ0v) is 8.58. The fourth-order valence-corrected chi connectivity index (χ4v) is 1.30. The molecule has 0 aliphatic rings. The fourth-order valence-electron chi connectivity index (χ4n) is 0.938. The van der Waals surface area contributed by atoms with E-state index in [4.69, 9.17) is 9.84 Å². The summed E-state index contributed by atoms with van der Waals surface area (Å²) < 4.78 is 5.65. The van der Waals surface area contributed by atoms with Gasteiger partial charge in [0.15, 0.2) is 5.76 Å². The third kappa shape index (κ3) is 2.15. The van der Waals surface area contributed by atoms with Crippen LogP contribution in [0.2, 0.25) is 0 Å². The highest BCUT2D eigenvalue weighted by molar-refractivity contribution is 9.10. The highest BCUT2D eigenvalue weighted by Gasteiger charge is 2.07. The topological polar surface area (TPSA) is 49.7 Å². The molecule has 4 heteroatoms. The van der Waals surface area contributed by atoms with Crippen LogP contribution in [0, 0.1) is 0 Å². The lowest BCUT2D eigenvalue weighted by Crippen LogP contribution is -1.88. The number of halogens is 1. The van der Waals surface area contributed by atoms with Crippen LogP contribution in [0.3, 0.4) is 0 Å². The molecule has 3 nitrogen and oxygen atoms in total. The van der Waals surface area contributed by atoms with Crippen molar-refractivity contribution in [3.05, 3.63) is 34.5 Å². The highest BCUT2D eigenvalue weighted by atomic mass is 79.9. The summed E-state index contributed by atoms with van der Waals surface area (Å²) in [6, 6.07) is 4.87. The van der Waals surface area contributed by atoms with Gasteiger partial charge in [0.2, 0.25) is 0 Å². The number of ether oxygens (including phenoxy) is 1. The van der Waals surface area contributed by atoms with Gasteiger partial charge >= 0.3 is 0 Å². The number of rotatable bonds is 2. The summed E-state index contributed by atoms with van der Waals surface area (Å²) in [5.41, 5.74) is 0.444. The van der Waals surface area contributed by atoms with Crippen LogP contribution in [0.1, 0.15) is 5.56 Å². The van der Waals surface area contributed by atoms with Crippen LogP contribution in [0.15, 0.2) is 28.9 Å². The first kappa shape index (κ1) is 9.92. The second-order valence-electron chi connectivity index (χ2n) is 2.36. The Morgan fingerprint density at radius 2 is 2.23 bits per heavy atom. The molecule has 0 aliphatic carbocycles. The fraction of sp³-hybridized carbons (Fsp3) is 0.111. The lowest BCUT2D eigenvalue weighted by Gasteiger charge is -2.06. The summed E-state index contributed by atoms with van der Waals surface area (Å²) in [7, 11) is 1.42. The molecule has 0 saturated heterocycles. The van der Waals surface area contributed by atoms with E-state index >= 15 is 0 Å². The Labute approximate surface area is 84.4 Å². The van der Waals surface area contributed by atoms with Gasteiger partial charge < -0.3 is 14.9 Å². The molecular weight excluding hydrogens is 236 g/mol. The summed E-state index contributed by atoms with van der Waals surface area (Å²) in [6.07, 6.45) is 0.807. The quantitative estimate of drug-likeness (QED) is 0.787. The SMILES string of the molecule is CO/C(=C/O)c1cc(Br)ccc1O. The Balaban J connectivity index is 3.19. The average molecular weight is 245 g/mol. The van der Waals surface area contributed by atoms with Crippen molar-refractivity contribution < 1.29 is 14.9 Å². The Morgan fingerprint density at radius 3 is 2.77 bits per heavy atom. The van der Waals surface area contributed by atoms with Crippen molar-refractivity contribution in [2.24, 2.45) is 0 Å². The van der Waals surface area contributed by atoms with Gasteiger partial charge in [-0.15, -0.1) is 0 Å². The molecule has 13 heavy (non-hydrogen) atoms. The molecule has 0 bridgehead atoms. The summed E-state index contributed by atoms with van der Waals surface area (Å²) in [5, 5.41) is 18.2. The van der Waals surface area contributed by atoms with Crippen molar-refractivity contribution in [2.45, 2.75) is 0 Å². The predicted molar refractivity (Wildman–Crippen MR) is 53.4 cm³/mol. The number of hydrogen-bond donors (Lipinski definition) is 2. The van der Waals surface area contributed by atoms with Crippen LogP contribution in [-0.2, 0) is 4.74 Å². The van der Waals surface area contributed by atoms with E-state index in [1.165, 1.54) is 13.2 Å². The zero-order chi connectivity index (χ0) is 9.84. The molecule has 2 N–H and O–H groups in total. The van der Waals surface area contributed by atoms with E-state index in [1.54, 1.807) is 12.1 Å². The molecule has 0 aliphatic heterocycles. The minimum Gasteiger partial charge on any atom is -0.512 e. The second kappa shape index (κ2) is 4.18. The number of aliphatic hydroxyl groups excluding tert-OH is 1. The molecular formula is C9H9BrO3. The minimum absolute atomic E-state index is 0.0605. The second-order valence-corrected chi connectivity index (χ2v) is 3.27. The maximum Gasteiger partial charge on any atom is 0.163 e. The lowest BCUT2D eigenvalue weighted by atomic mass is 10.2. The van der Waals surface area contributed by atoms with Crippen molar-refractivity contribution in [1.29, 1.82) is 0 Å². The van der Waals surface area contributed by atoms with Gasteiger partial charge in [0.25, 0.3) is 0 Å². The summed E-state index contributed by atoms with van der Waals surface area (Å²) in [5.74, 6) is 0.282. The van der Waals surface area contributed by atoms with Crippen molar-refractivity contribution in [2.75, 3.05) is 7.11 Å². The van der Waals surface area contributed by atoms with E-state index in [-0.39, 0.29) is 11.5 Å². The van der Waals surface area contributed by atoms with Crippen LogP contribution >= 0.6 is 15.9 Å². The summed E-state index contributed by atoms with van der Waals surface area (Å²) >= 11 is 3.25. The predicted octanol–water partition coefficient (Wildman–Crippen LogP) is 2.66. The molecule has 0 heterocycles. The molecule has 1 aromatic carbocycles. The maximum absolute atomic E-state index is 9.41. The molecule has 0 amide bonds. The molecule has 0 aromatic heterocycles. The van der Waals surface area contributed by atoms with Gasteiger partial charge in [-0.2, -0.15) is 0 Å². The molecule has 1 rings (SSSR count). The van der Waals surface area contributed by atoms with Gasteiger partial charge in [0.05, 0.1) is 12.7 Å². The lowest BCUT2D eigenvalue weighted by molar-refractivity contribution is 0.345.